The molecule has 1 radical (unpaired) electrons. The van der Waals surface area contributed by atoms with Crippen molar-refractivity contribution < 1.29 is 52.7 Å². The van der Waals surface area contributed by atoms with Crippen LogP contribution in [0.25, 0.3) is 0 Å². The minimum Gasteiger partial charge on any atom is -0.231 e. The minimum atomic E-state index is -6.81. The maximum atomic E-state index is 14.8. The van der Waals surface area contributed by atoms with E-state index in [9.17, 15) is 52.7 Å². The van der Waals surface area contributed by atoms with Gasteiger partial charge in [0, 0.05) is 10.5 Å². The summed E-state index contributed by atoms with van der Waals surface area (Å²) in [6, 6.07) is 0.838. The molecule has 0 fully saturated rings. The Morgan fingerprint density at radius 1 is 0.846 bits per heavy atom. The van der Waals surface area contributed by atoms with E-state index in [2.05, 4.69) is 15.9 Å². The van der Waals surface area contributed by atoms with Crippen LogP contribution in [-0.4, -0.2) is 18.3 Å². The number of halogens is 13. The van der Waals surface area contributed by atoms with Gasteiger partial charge in [0.05, 0.1) is 11.5 Å². The lowest BCUT2D eigenvalue weighted by molar-refractivity contribution is -0.358. The molecule has 0 aromatic heterocycles. The normalized spacial score (nSPS) is 17.8. The molecule has 0 aliphatic heterocycles. The molecule has 1 aromatic rings. The number of hydrogen-bond acceptors (Lipinski definition) is 0. The van der Waals surface area contributed by atoms with Crippen molar-refractivity contribution in [2.45, 2.75) is 37.0 Å². The van der Waals surface area contributed by atoms with E-state index in [0.717, 1.165) is 0 Å². The molecule has 2 unspecified atom stereocenters. The first-order valence-electron chi connectivity index (χ1n) is 6.27. The third-order valence-corrected chi connectivity index (χ3v) is 3.89. The van der Waals surface area contributed by atoms with Crippen LogP contribution in [0, 0.1) is 12.0 Å². The smallest absolute Gasteiger partial charge is 0.231 e. The summed E-state index contributed by atoms with van der Waals surface area (Å²) in [5, 5.41) is 0. The van der Waals surface area contributed by atoms with Crippen molar-refractivity contribution in [3.63, 3.8) is 0 Å². The fourth-order valence-corrected chi connectivity index (χ4v) is 2.49. The summed E-state index contributed by atoms with van der Waals surface area (Å²) in [4.78, 5) is 0. The van der Waals surface area contributed by atoms with Gasteiger partial charge in [-0.3, -0.25) is 0 Å². The van der Waals surface area contributed by atoms with E-state index in [0.29, 0.717) is 0 Å². The molecule has 0 amide bonds. The quantitative estimate of drug-likeness (QED) is 0.425. The summed E-state index contributed by atoms with van der Waals surface area (Å²) in [5.41, 5.74) is -9.75. The minimum absolute atomic E-state index is 0.0445. The second kappa shape index (κ2) is 6.48. The summed E-state index contributed by atoms with van der Waals surface area (Å²) in [6.07, 6.45) is -18.1. The van der Waals surface area contributed by atoms with Gasteiger partial charge in [-0.2, -0.15) is 48.3 Å². The summed E-state index contributed by atoms with van der Waals surface area (Å²) in [5.74, 6) is -10.7. The van der Waals surface area contributed by atoms with Crippen LogP contribution in [0.1, 0.15) is 18.1 Å². The molecule has 1 rings (SSSR count). The van der Waals surface area contributed by atoms with Gasteiger partial charge in [0.2, 0.25) is 5.67 Å². The summed E-state index contributed by atoms with van der Waals surface area (Å²) in [6.45, 7) is -0.322. The Labute approximate surface area is 146 Å². The molecular formula is C13H6BrF12. The average molecular weight is 470 g/mol. The molecular weight excluding hydrogens is 464 g/mol. The van der Waals surface area contributed by atoms with Crippen LogP contribution in [0.15, 0.2) is 16.6 Å². The van der Waals surface area contributed by atoms with Gasteiger partial charge >= 0.3 is 24.5 Å². The zero-order chi connectivity index (χ0) is 20.9. The Bertz CT molecular complexity index is 657. The zero-order valence-electron chi connectivity index (χ0n) is 12.1. The zero-order valence-corrected chi connectivity index (χ0v) is 13.7. The van der Waals surface area contributed by atoms with Gasteiger partial charge < -0.3 is 0 Å². The van der Waals surface area contributed by atoms with Gasteiger partial charge in [-0.25, -0.2) is 4.39 Å². The first-order valence-corrected chi connectivity index (χ1v) is 7.06. The Morgan fingerprint density at radius 3 is 1.65 bits per heavy atom. The molecule has 0 N–H and O–H groups in total. The van der Waals surface area contributed by atoms with Crippen molar-refractivity contribution >= 4 is 15.9 Å². The lowest BCUT2D eigenvalue weighted by atomic mass is 9.77. The van der Waals surface area contributed by atoms with Crippen LogP contribution < -0.4 is 0 Å². The second-order valence-electron chi connectivity index (χ2n) is 5.18. The summed E-state index contributed by atoms with van der Waals surface area (Å²) >= 11 is 2.29. The average Bonchev–Trinajstić information content (AvgIpc) is 2.41. The van der Waals surface area contributed by atoms with Gasteiger partial charge in [-0.05, 0) is 17.7 Å². The molecule has 0 aliphatic carbocycles. The molecule has 26 heavy (non-hydrogen) atoms. The molecule has 0 aliphatic rings. The first kappa shape index (κ1) is 22.9. The topological polar surface area (TPSA) is 0 Å². The standard InChI is InChI=1S/C13H6BrF12/c1-5(10(16,17)18)9(15,12(22,23)13(24,25)26)6-2-7(11(19,20)21)4-8(14)3-6/h2-3,5H,1H3. The number of hydrogen-bond donors (Lipinski definition) is 0. The van der Waals surface area contributed by atoms with Crippen molar-refractivity contribution in [3.05, 3.63) is 33.8 Å². The Kier molecular flexibility index (Phi) is 5.71. The molecule has 0 spiro atoms. The second-order valence-corrected chi connectivity index (χ2v) is 6.03. The predicted molar refractivity (Wildman–Crippen MR) is 67.0 cm³/mol. The fourth-order valence-electron chi connectivity index (χ4n) is 2.03. The van der Waals surface area contributed by atoms with E-state index < -0.39 is 57.7 Å². The monoisotopic (exact) mass is 469 g/mol. The van der Waals surface area contributed by atoms with Crippen molar-refractivity contribution in [1.82, 2.24) is 0 Å². The maximum Gasteiger partial charge on any atom is 0.457 e. The van der Waals surface area contributed by atoms with Crippen LogP contribution in [0.5, 0.6) is 0 Å². The molecule has 0 saturated heterocycles. The summed E-state index contributed by atoms with van der Waals surface area (Å²) in [7, 11) is 0. The van der Waals surface area contributed by atoms with E-state index in [-0.39, 0.29) is 13.0 Å². The highest BCUT2D eigenvalue weighted by molar-refractivity contribution is 9.10. The maximum absolute atomic E-state index is 14.8. The first-order chi connectivity index (χ1) is 11.3. The van der Waals surface area contributed by atoms with Crippen molar-refractivity contribution in [3.8, 4) is 0 Å². The molecule has 1 aromatic carbocycles. The molecule has 0 heterocycles. The van der Waals surface area contributed by atoms with Crippen LogP contribution >= 0.6 is 15.9 Å². The van der Waals surface area contributed by atoms with Gasteiger partial charge in [0.15, 0.2) is 0 Å². The van der Waals surface area contributed by atoms with Crippen LogP contribution in [-0.2, 0) is 11.8 Å². The Morgan fingerprint density at radius 2 is 1.31 bits per heavy atom. The lowest BCUT2D eigenvalue weighted by Gasteiger charge is -2.40. The van der Waals surface area contributed by atoms with Gasteiger partial charge in [0.25, 0.3) is 0 Å². The highest BCUT2D eigenvalue weighted by atomic mass is 79.9. The van der Waals surface area contributed by atoms with Crippen molar-refractivity contribution in [2.24, 2.45) is 5.92 Å². The van der Waals surface area contributed by atoms with E-state index in [1.54, 1.807) is 0 Å². The predicted octanol–water partition coefficient (Wildman–Crippen LogP) is 6.83. The Hall–Kier alpha value is -1.14. The van der Waals surface area contributed by atoms with Gasteiger partial charge in [-0.15, -0.1) is 0 Å². The number of rotatable bonds is 3. The summed E-state index contributed by atoms with van der Waals surface area (Å²) < 4.78 is 156. The van der Waals surface area contributed by atoms with Crippen LogP contribution in [0.4, 0.5) is 52.7 Å². The molecule has 13 heteroatoms. The molecule has 149 valence electrons. The highest BCUT2D eigenvalue weighted by Gasteiger charge is 2.76. The molecule has 0 nitrogen and oxygen atoms in total. The molecule has 0 bridgehead atoms. The SMILES string of the molecule is CC(C(F)(F)F)C(F)(c1cc(Br)[c]c(C(F)(F)F)c1)C(F)(F)C(F)(F)F. The fraction of sp³-hybridized carbons (Fsp3) is 0.538. The largest absolute Gasteiger partial charge is 0.457 e. The lowest BCUT2D eigenvalue weighted by Crippen LogP contribution is -2.58. The van der Waals surface area contributed by atoms with Crippen molar-refractivity contribution in [1.29, 1.82) is 0 Å². The third kappa shape index (κ3) is 3.91. The van der Waals surface area contributed by atoms with E-state index in [1.807, 2.05) is 0 Å². The third-order valence-electron chi connectivity index (χ3n) is 3.46. The Balaban J connectivity index is 3.87. The van der Waals surface area contributed by atoms with E-state index >= 15 is 0 Å². The van der Waals surface area contributed by atoms with Crippen LogP contribution in [0.3, 0.4) is 0 Å². The van der Waals surface area contributed by atoms with Gasteiger partial charge in [-0.1, -0.05) is 22.9 Å². The van der Waals surface area contributed by atoms with E-state index in [1.165, 1.54) is 6.07 Å². The van der Waals surface area contributed by atoms with E-state index in [4.69, 9.17) is 0 Å². The van der Waals surface area contributed by atoms with Crippen LogP contribution in [0.2, 0.25) is 0 Å². The van der Waals surface area contributed by atoms with Gasteiger partial charge in [0.1, 0.15) is 0 Å². The number of benzene rings is 1. The number of alkyl halides is 12. The van der Waals surface area contributed by atoms with Crippen molar-refractivity contribution in [2.75, 3.05) is 0 Å². The molecule has 0 saturated carbocycles. The molecule has 2 atom stereocenters. The highest BCUT2D eigenvalue weighted by Crippen LogP contribution is 2.58.